The van der Waals surface area contributed by atoms with Crippen LogP contribution in [-0.4, -0.2) is 21.6 Å². The third kappa shape index (κ3) is 4.10. The average Bonchev–Trinajstić information content (AvgIpc) is 3.22. The predicted octanol–water partition coefficient (Wildman–Crippen LogP) is 4.23. The maximum absolute atomic E-state index is 12.3. The van der Waals surface area contributed by atoms with E-state index in [1.807, 2.05) is 65.4 Å². The summed E-state index contributed by atoms with van der Waals surface area (Å²) in [5.74, 6) is -0.212. The van der Waals surface area contributed by atoms with Crippen LogP contribution in [0.2, 0.25) is 0 Å². The molecule has 0 saturated heterocycles. The zero-order valence-corrected chi connectivity index (χ0v) is 15.9. The molecular formula is C23H18N4O3. The van der Waals surface area contributed by atoms with Gasteiger partial charge < -0.3 is 4.57 Å². The number of aromatic nitrogens is 1. The third-order valence-corrected chi connectivity index (χ3v) is 4.74. The number of carbonyl (C=O) groups excluding carboxylic acids is 1. The Kier molecular flexibility index (Phi) is 5.34. The number of nitrogens with one attached hydrogen (secondary N) is 1. The lowest BCUT2D eigenvalue weighted by Gasteiger charge is -2.07. The van der Waals surface area contributed by atoms with E-state index < -0.39 is 4.92 Å². The summed E-state index contributed by atoms with van der Waals surface area (Å²) >= 11 is 0. The normalized spacial score (nSPS) is 11.1. The molecule has 0 unspecified atom stereocenters. The van der Waals surface area contributed by atoms with Crippen LogP contribution < -0.4 is 5.43 Å². The Morgan fingerprint density at radius 2 is 1.77 bits per heavy atom. The fourth-order valence-corrected chi connectivity index (χ4v) is 3.30. The Bertz CT molecular complexity index is 1240. The topological polar surface area (TPSA) is 89.5 Å². The summed E-state index contributed by atoms with van der Waals surface area (Å²) in [5, 5.41) is 17.0. The van der Waals surface area contributed by atoms with Crippen LogP contribution in [0.1, 0.15) is 11.3 Å². The molecule has 7 nitrogen and oxygen atoms in total. The summed E-state index contributed by atoms with van der Waals surface area (Å²) in [4.78, 5) is 22.7. The molecule has 0 aliphatic heterocycles. The smallest absolute Gasteiger partial charge is 0.269 e. The number of benzene rings is 3. The molecule has 0 aliphatic rings. The number of carbonyl (C=O) groups is 1. The van der Waals surface area contributed by atoms with Gasteiger partial charge in [0.25, 0.3) is 5.69 Å². The van der Waals surface area contributed by atoms with E-state index in [0.717, 1.165) is 27.7 Å². The van der Waals surface area contributed by atoms with Crippen molar-refractivity contribution < 1.29 is 9.72 Å². The molecule has 1 heterocycles. The van der Waals surface area contributed by atoms with Gasteiger partial charge in [-0.05, 0) is 40.6 Å². The van der Waals surface area contributed by atoms with Gasteiger partial charge in [0.1, 0.15) is 0 Å². The van der Waals surface area contributed by atoms with Crippen molar-refractivity contribution in [3.05, 3.63) is 106 Å². The van der Waals surface area contributed by atoms with E-state index >= 15 is 0 Å². The van der Waals surface area contributed by atoms with Crippen molar-refractivity contribution in [3.8, 4) is 5.69 Å². The minimum atomic E-state index is -0.437. The molecular weight excluding hydrogens is 380 g/mol. The first kappa shape index (κ1) is 19.1. The number of non-ortho nitro benzene ring substituents is 1. The lowest BCUT2D eigenvalue weighted by Crippen LogP contribution is -2.20. The zero-order valence-electron chi connectivity index (χ0n) is 15.9. The molecule has 1 aromatic heterocycles. The Hall–Kier alpha value is -4.26. The summed E-state index contributed by atoms with van der Waals surface area (Å²) in [5.41, 5.74) is 5.02. The number of nitrogens with zero attached hydrogens (tertiary/aromatic N) is 3. The Morgan fingerprint density at radius 3 is 2.57 bits per heavy atom. The lowest BCUT2D eigenvalue weighted by molar-refractivity contribution is -0.384. The van der Waals surface area contributed by atoms with E-state index in [1.54, 1.807) is 18.3 Å². The number of nitro groups is 1. The van der Waals surface area contributed by atoms with Crippen molar-refractivity contribution in [2.45, 2.75) is 6.42 Å². The van der Waals surface area contributed by atoms with Crippen molar-refractivity contribution in [2.24, 2.45) is 5.10 Å². The van der Waals surface area contributed by atoms with Gasteiger partial charge in [0.2, 0.25) is 5.91 Å². The van der Waals surface area contributed by atoms with Gasteiger partial charge in [0.15, 0.2) is 0 Å². The van der Waals surface area contributed by atoms with Crippen LogP contribution in [0.15, 0.2) is 90.2 Å². The van der Waals surface area contributed by atoms with E-state index in [9.17, 15) is 14.9 Å². The zero-order chi connectivity index (χ0) is 20.9. The van der Waals surface area contributed by atoms with Gasteiger partial charge in [0, 0.05) is 24.0 Å². The van der Waals surface area contributed by atoms with Crippen LogP contribution in [0.25, 0.3) is 16.5 Å². The highest BCUT2D eigenvalue weighted by Gasteiger charge is 2.08. The highest BCUT2D eigenvalue weighted by molar-refractivity contribution is 5.90. The standard InChI is InChI=1S/C23H18N4O3/c28-23(15-18-7-3-6-17-5-1-2-9-22(17)18)25-24-16-21-8-4-14-26(21)19-10-12-20(13-11-19)27(29)30/h1-14,16H,15H2,(H,25,28)/b24-16+. The van der Waals surface area contributed by atoms with Crippen LogP contribution >= 0.6 is 0 Å². The summed E-state index contributed by atoms with van der Waals surface area (Å²) in [6, 6.07) is 23.7. The minimum absolute atomic E-state index is 0.0295. The molecule has 0 fully saturated rings. The highest BCUT2D eigenvalue weighted by atomic mass is 16.6. The first-order valence-corrected chi connectivity index (χ1v) is 9.32. The van der Waals surface area contributed by atoms with Gasteiger partial charge >= 0.3 is 0 Å². The molecule has 0 bridgehead atoms. The van der Waals surface area contributed by atoms with E-state index in [2.05, 4.69) is 10.5 Å². The number of amides is 1. The van der Waals surface area contributed by atoms with Crippen LogP contribution in [0.5, 0.6) is 0 Å². The third-order valence-electron chi connectivity index (χ3n) is 4.74. The number of rotatable bonds is 6. The molecule has 30 heavy (non-hydrogen) atoms. The molecule has 0 saturated carbocycles. The summed E-state index contributed by atoms with van der Waals surface area (Å²) in [7, 11) is 0. The van der Waals surface area contributed by atoms with Crippen molar-refractivity contribution >= 4 is 28.6 Å². The number of nitro benzene ring substituents is 1. The minimum Gasteiger partial charge on any atom is -0.316 e. The average molecular weight is 398 g/mol. The largest absolute Gasteiger partial charge is 0.316 e. The second-order valence-corrected chi connectivity index (χ2v) is 6.68. The first-order chi connectivity index (χ1) is 14.6. The fraction of sp³-hybridized carbons (Fsp3) is 0.0435. The predicted molar refractivity (Wildman–Crippen MR) is 116 cm³/mol. The molecule has 3 aromatic carbocycles. The maximum Gasteiger partial charge on any atom is 0.269 e. The van der Waals surface area contributed by atoms with Gasteiger partial charge in [-0.1, -0.05) is 42.5 Å². The Morgan fingerprint density at radius 1 is 1.00 bits per heavy atom. The Labute approximate surface area is 172 Å². The second kappa shape index (κ2) is 8.40. The van der Waals surface area contributed by atoms with E-state index in [-0.39, 0.29) is 18.0 Å². The summed E-state index contributed by atoms with van der Waals surface area (Å²) in [6.07, 6.45) is 3.59. The summed E-state index contributed by atoms with van der Waals surface area (Å²) < 4.78 is 1.82. The quantitative estimate of drug-likeness (QED) is 0.299. The summed E-state index contributed by atoms with van der Waals surface area (Å²) in [6.45, 7) is 0. The van der Waals surface area contributed by atoms with Crippen molar-refractivity contribution in [2.75, 3.05) is 0 Å². The van der Waals surface area contributed by atoms with Crippen LogP contribution in [0.3, 0.4) is 0 Å². The maximum atomic E-state index is 12.3. The van der Waals surface area contributed by atoms with Gasteiger partial charge in [-0.15, -0.1) is 0 Å². The molecule has 148 valence electrons. The molecule has 4 rings (SSSR count). The highest BCUT2D eigenvalue weighted by Crippen LogP contribution is 2.19. The van der Waals surface area contributed by atoms with Crippen LogP contribution in [0.4, 0.5) is 5.69 Å². The van der Waals surface area contributed by atoms with E-state index in [4.69, 9.17) is 0 Å². The number of fused-ring (bicyclic) bond motifs is 1. The molecule has 4 aromatic rings. The molecule has 7 heteroatoms. The molecule has 0 atom stereocenters. The van der Waals surface area contributed by atoms with Crippen molar-refractivity contribution in [1.82, 2.24) is 9.99 Å². The number of hydrogen-bond acceptors (Lipinski definition) is 4. The van der Waals surface area contributed by atoms with Gasteiger partial charge in [-0.25, -0.2) is 5.43 Å². The number of hydrazone groups is 1. The Balaban J connectivity index is 1.44. The number of hydrogen-bond donors (Lipinski definition) is 1. The lowest BCUT2D eigenvalue weighted by atomic mass is 10.0. The van der Waals surface area contributed by atoms with Crippen LogP contribution in [0, 0.1) is 10.1 Å². The fourth-order valence-electron chi connectivity index (χ4n) is 3.30. The van der Waals surface area contributed by atoms with E-state index in [1.165, 1.54) is 12.1 Å². The molecule has 1 amide bonds. The molecule has 0 aliphatic carbocycles. The molecule has 0 radical (unpaired) electrons. The molecule has 0 spiro atoms. The van der Waals surface area contributed by atoms with Crippen LogP contribution in [-0.2, 0) is 11.2 Å². The second-order valence-electron chi connectivity index (χ2n) is 6.68. The van der Waals surface area contributed by atoms with E-state index in [0.29, 0.717) is 0 Å². The van der Waals surface area contributed by atoms with Gasteiger partial charge in [-0.2, -0.15) is 5.10 Å². The van der Waals surface area contributed by atoms with Gasteiger partial charge in [0.05, 0.1) is 23.3 Å². The van der Waals surface area contributed by atoms with Crippen molar-refractivity contribution in [1.29, 1.82) is 0 Å². The molecule has 1 N–H and O–H groups in total. The SMILES string of the molecule is O=C(Cc1cccc2ccccc12)N/N=C/c1cccn1-c1ccc([N+](=O)[O-])cc1. The van der Waals surface area contributed by atoms with Crippen molar-refractivity contribution in [3.63, 3.8) is 0 Å². The van der Waals surface area contributed by atoms with Gasteiger partial charge in [-0.3, -0.25) is 14.9 Å². The monoisotopic (exact) mass is 398 g/mol. The first-order valence-electron chi connectivity index (χ1n) is 9.32.